The van der Waals surface area contributed by atoms with Crippen molar-refractivity contribution in [3.63, 3.8) is 0 Å². The second-order valence-electron chi connectivity index (χ2n) is 4.16. The summed E-state index contributed by atoms with van der Waals surface area (Å²) in [4.78, 5) is 12.0. The van der Waals surface area contributed by atoms with E-state index in [1.807, 2.05) is 16.8 Å². The van der Waals surface area contributed by atoms with Crippen LogP contribution < -0.4 is 0 Å². The van der Waals surface area contributed by atoms with Gasteiger partial charge in [-0.15, -0.1) is 0 Å². The van der Waals surface area contributed by atoms with Crippen LogP contribution in [-0.2, 0) is 0 Å². The van der Waals surface area contributed by atoms with Gasteiger partial charge in [0, 0.05) is 16.9 Å². The molecule has 0 radical (unpaired) electrons. The Morgan fingerprint density at radius 3 is 3.00 bits per heavy atom. The molecule has 1 nitrogen and oxygen atoms in total. The van der Waals surface area contributed by atoms with Crippen LogP contribution in [0.2, 0.25) is 0 Å². The highest BCUT2D eigenvalue weighted by molar-refractivity contribution is 7.08. The van der Waals surface area contributed by atoms with E-state index in [2.05, 4.69) is 6.92 Å². The van der Waals surface area contributed by atoms with Crippen molar-refractivity contribution in [3.8, 4) is 0 Å². The molecule has 1 fully saturated rings. The highest BCUT2D eigenvalue weighted by Gasteiger charge is 2.29. The number of thiophene rings is 1. The lowest BCUT2D eigenvalue weighted by molar-refractivity contribution is 0.0920. The van der Waals surface area contributed by atoms with Crippen molar-refractivity contribution in [2.24, 2.45) is 11.8 Å². The number of hydrogen-bond donors (Lipinski definition) is 0. The van der Waals surface area contributed by atoms with Gasteiger partial charge in [-0.2, -0.15) is 11.3 Å². The zero-order chi connectivity index (χ0) is 9.97. The fraction of sp³-hybridized carbons (Fsp3) is 0.583. The molecule has 0 aliphatic heterocycles. The minimum Gasteiger partial charge on any atom is -0.294 e. The largest absolute Gasteiger partial charge is 0.294 e. The monoisotopic (exact) mass is 208 g/mol. The van der Waals surface area contributed by atoms with Crippen LogP contribution in [0.4, 0.5) is 0 Å². The van der Waals surface area contributed by atoms with Crippen molar-refractivity contribution in [3.05, 3.63) is 22.4 Å². The van der Waals surface area contributed by atoms with Crippen molar-refractivity contribution < 1.29 is 4.79 Å². The molecule has 76 valence electrons. The normalized spacial score (nSPS) is 26.6. The molecule has 0 N–H and O–H groups in total. The lowest BCUT2D eigenvalue weighted by Crippen LogP contribution is -2.10. The quantitative estimate of drug-likeness (QED) is 0.691. The predicted octanol–water partition coefficient (Wildman–Crippen LogP) is 3.76. The Hall–Kier alpha value is -0.630. The van der Waals surface area contributed by atoms with Crippen molar-refractivity contribution in [1.82, 2.24) is 0 Å². The summed E-state index contributed by atoms with van der Waals surface area (Å²) in [6.45, 7) is 2.22. The van der Waals surface area contributed by atoms with E-state index >= 15 is 0 Å². The lowest BCUT2D eigenvalue weighted by atomic mass is 9.96. The number of carbonyl (C=O) groups is 1. The van der Waals surface area contributed by atoms with Gasteiger partial charge < -0.3 is 0 Å². The highest BCUT2D eigenvalue weighted by atomic mass is 32.1. The van der Waals surface area contributed by atoms with Gasteiger partial charge in [0.2, 0.25) is 0 Å². The molecule has 2 heteroatoms. The Bertz CT molecular complexity index is 302. The predicted molar refractivity (Wildman–Crippen MR) is 59.8 cm³/mol. The van der Waals surface area contributed by atoms with Gasteiger partial charge in [0.25, 0.3) is 0 Å². The highest BCUT2D eigenvalue weighted by Crippen LogP contribution is 2.35. The minimum atomic E-state index is 0.314. The SMILES string of the molecule is CCC1CCC(C(=O)c2ccsc2)C1. The summed E-state index contributed by atoms with van der Waals surface area (Å²) in [6, 6.07) is 1.95. The van der Waals surface area contributed by atoms with Crippen LogP contribution in [0.15, 0.2) is 16.8 Å². The first-order chi connectivity index (χ1) is 6.81. The smallest absolute Gasteiger partial charge is 0.166 e. The summed E-state index contributed by atoms with van der Waals surface area (Å²) in [5.41, 5.74) is 0.928. The standard InChI is InChI=1S/C12H16OS/c1-2-9-3-4-10(7-9)12(13)11-5-6-14-8-11/h5-6,8-10H,2-4,7H2,1H3. The minimum absolute atomic E-state index is 0.314. The van der Waals surface area contributed by atoms with Gasteiger partial charge in [-0.1, -0.05) is 13.3 Å². The van der Waals surface area contributed by atoms with Gasteiger partial charge in [0.05, 0.1) is 0 Å². The second kappa shape index (κ2) is 4.26. The van der Waals surface area contributed by atoms with Gasteiger partial charge in [-0.3, -0.25) is 4.79 Å². The maximum absolute atomic E-state index is 12.0. The van der Waals surface area contributed by atoms with E-state index in [1.165, 1.54) is 12.8 Å². The molecule has 2 atom stereocenters. The van der Waals surface area contributed by atoms with Crippen molar-refractivity contribution in [1.29, 1.82) is 0 Å². The number of Topliss-reactive ketones (excluding diaryl/α,β-unsaturated/α-hetero) is 1. The topological polar surface area (TPSA) is 17.1 Å². The van der Waals surface area contributed by atoms with Gasteiger partial charge in [-0.25, -0.2) is 0 Å². The first-order valence-corrected chi connectivity index (χ1v) is 6.32. The average Bonchev–Trinajstić information content (AvgIpc) is 2.88. The lowest BCUT2D eigenvalue weighted by Gasteiger charge is -2.07. The number of hydrogen-bond acceptors (Lipinski definition) is 2. The molecular formula is C12H16OS. The summed E-state index contributed by atoms with van der Waals surface area (Å²) < 4.78 is 0. The van der Waals surface area contributed by atoms with Crippen LogP contribution in [0.1, 0.15) is 43.0 Å². The average molecular weight is 208 g/mol. The van der Waals surface area contributed by atoms with Gasteiger partial charge >= 0.3 is 0 Å². The molecule has 0 aromatic carbocycles. The summed E-state index contributed by atoms with van der Waals surface area (Å²) in [6.07, 6.45) is 4.70. The molecule has 1 saturated carbocycles. The fourth-order valence-corrected chi connectivity index (χ4v) is 2.97. The zero-order valence-electron chi connectivity index (χ0n) is 8.53. The summed E-state index contributed by atoms with van der Waals surface area (Å²) in [5, 5.41) is 3.96. The van der Waals surface area contributed by atoms with E-state index in [0.717, 1.165) is 24.3 Å². The van der Waals surface area contributed by atoms with Crippen LogP contribution in [0.3, 0.4) is 0 Å². The fourth-order valence-electron chi connectivity index (χ4n) is 2.32. The maximum Gasteiger partial charge on any atom is 0.166 e. The van der Waals surface area contributed by atoms with E-state index in [-0.39, 0.29) is 0 Å². The first-order valence-electron chi connectivity index (χ1n) is 5.37. The number of carbonyl (C=O) groups excluding carboxylic acids is 1. The Balaban J connectivity index is 2.00. The van der Waals surface area contributed by atoms with Crippen molar-refractivity contribution in [2.75, 3.05) is 0 Å². The first kappa shape index (κ1) is 9.91. The Morgan fingerprint density at radius 1 is 1.57 bits per heavy atom. The molecule has 0 spiro atoms. The molecular weight excluding hydrogens is 192 g/mol. The van der Waals surface area contributed by atoms with Gasteiger partial charge in [-0.05, 0) is 36.6 Å². The van der Waals surface area contributed by atoms with E-state index in [1.54, 1.807) is 11.3 Å². The summed E-state index contributed by atoms with van der Waals surface area (Å²) >= 11 is 1.61. The summed E-state index contributed by atoms with van der Waals surface area (Å²) in [7, 11) is 0. The maximum atomic E-state index is 12.0. The molecule has 1 aliphatic rings. The van der Waals surface area contributed by atoms with E-state index < -0.39 is 0 Å². The summed E-state index contributed by atoms with van der Waals surface area (Å²) in [5.74, 6) is 1.49. The Kier molecular flexibility index (Phi) is 3.02. The third-order valence-corrected chi connectivity index (χ3v) is 3.98. The number of ketones is 1. The zero-order valence-corrected chi connectivity index (χ0v) is 9.35. The molecule has 2 rings (SSSR count). The molecule has 2 unspecified atom stereocenters. The van der Waals surface area contributed by atoms with Crippen LogP contribution in [0.25, 0.3) is 0 Å². The molecule has 1 aromatic heterocycles. The number of rotatable bonds is 3. The second-order valence-corrected chi connectivity index (χ2v) is 4.94. The Morgan fingerprint density at radius 2 is 2.43 bits per heavy atom. The third kappa shape index (κ3) is 1.90. The molecule has 1 heterocycles. The van der Waals surface area contributed by atoms with Crippen LogP contribution in [-0.4, -0.2) is 5.78 Å². The van der Waals surface area contributed by atoms with E-state index in [4.69, 9.17) is 0 Å². The molecule has 0 saturated heterocycles. The van der Waals surface area contributed by atoms with Crippen LogP contribution >= 0.6 is 11.3 Å². The molecule has 0 bridgehead atoms. The molecule has 1 aliphatic carbocycles. The third-order valence-electron chi connectivity index (χ3n) is 3.30. The van der Waals surface area contributed by atoms with E-state index in [0.29, 0.717) is 11.7 Å². The van der Waals surface area contributed by atoms with Crippen molar-refractivity contribution >= 4 is 17.1 Å². The molecule has 14 heavy (non-hydrogen) atoms. The molecule has 1 aromatic rings. The van der Waals surface area contributed by atoms with Gasteiger partial charge in [0.15, 0.2) is 5.78 Å². The van der Waals surface area contributed by atoms with E-state index in [9.17, 15) is 4.79 Å². The van der Waals surface area contributed by atoms with Crippen molar-refractivity contribution in [2.45, 2.75) is 32.6 Å². The van der Waals surface area contributed by atoms with Crippen LogP contribution in [0, 0.1) is 11.8 Å². The molecule has 0 amide bonds. The van der Waals surface area contributed by atoms with Crippen LogP contribution in [0.5, 0.6) is 0 Å². The van der Waals surface area contributed by atoms with Gasteiger partial charge in [0.1, 0.15) is 0 Å². The Labute approximate surface area is 89.1 Å².